The van der Waals surface area contributed by atoms with E-state index in [1.807, 2.05) is 41.5 Å². The van der Waals surface area contributed by atoms with E-state index >= 15 is 0 Å². The van der Waals surface area contributed by atoms with Gasteiger partial charge in [-0.2, -0.15) is 0 Å². The zero-order chi connectivity index (χ0) is 16.9. The first-order valence-electron chi connectivity index (χ1n) is 7.25. The van der Waals surface area contributed by atoms with E-state index in [1.165, 1.54) is 16.2 Å². The van der Waals surface area contributed by atoms with Gasteiger partial charge in [0.15, 0.2) is 0 Å². The Balaban J connectivity index is 2.12. The van der Waals surface area contributed by atoms with Crippen LogP contribution in [0.1, 0.15) is 39.6 Å². The number of esters is 1. The molecule has 2 atom stereocenters. The summed E-state index contributed by atoms with van der Waals surface area (Å²) < 4.78 is 5.43. The van der Waals surface area contributed by atoms with Gasteiger partial charge in [-0.3, -0.25) is 14.5 Å². The minimum Gasteiger partial charge on any atom is -0.460 e. The van der Waals surface area contributed by atoms with Gasteiger partial charge in [0.25, 0.3) is 0 Å². The van der Waals surface area contributed by atoms with Gasteiger partial charge in [0.05, 0.1) is 11.8 Å². The topological polar surface area (TPSA) is 72.4 Å². The van der Waals surface area contributed by atoms with Gasteiger partial charge in [0.1, 0.15) is 10.6 Å². The average Bonchev–Trinajstić information content (AvgIpc) is 2.70. The standard InChI is InChI=1S/C15H23N3O3S/c1-8-16-17-13(22-8)18(7)11(19)9-10(15(9,5)6)12(20)21-14(2,3)4/h9-10H,1-7H3/t9-,10+/m0/s1. The molecule has 22 heavy (non-hydrogen) atoms. The molecule has 1 saturated carbocycles. The number of rotatable bonds is 3. The number of aryl methyl sites for hydroxylation is 1. The van der Waals surface area contributed by atoms with Crippen molar-refractivity contribution in [3.8, 4) is 0 Å². The molecule has 1 aromatic heterocycles. The van der Waals surface area contributed by atoms with Gasteiger partial charge in [-0.1, -0.05) is 25.2 Å². The monoisotopic (exact) mass is 325 g/mol. The van der Waals surface area contributed by atoms with Crippen molar-refractivity contribution in [3.63, 3.8) is 0 Å². The molecule has 1 heterocycles. The van der Waals surface area contributed by atoms with Crippen molar-refractivity contribution in [2.75, 3.05) is 11.9 Å². The Morgan fingerprint density at radius 2 is 1.82 bits per heavy atom. The summed E-state index contributed by atoms with van der Waals surface area (Å²) >= 11 is 1.36. The maximum Gasteiger partial charge on any atom is 0.310 e. The summed E-state index contributed by atoms with van der Waals surface area (Å²) in [6.45, 7) is 11.2. The molecule has 0 spiro atoms. The van der Waals surface area contributed by atoms with E-state index in [9.17, 15) is 9.59 Å². The molecule has 0 radical (unpaired) electrons. The van der Waals surface area contributed by atoms with Crippen LogP contribution in [0.3, 0.4) is 0 Å². The minimum atomic E-state index is -0.550. The zero-order valence-corrected chi connectivity index (χ0v) is 14.9. The van der Waals surface area contributed by atoms with Gasteiger partial charge >= 0.3 is 5.97 Å². The molecular formula is C15H23N3O3S. The number of hydrogen-bond donors (Lipinski definition) is 0. The van der Waals surface area contributed by atoms with Crippen molar-refractivity contribution < 1.29 is 14.3 Å². The van der Waals surface area contributed by atoms with Crippen LogP contribution in [0.4, 0.5) is 5.13 Å². The van der Waals surface area contributed by atoms with Crippen molar-refractivity contribution in [3.05, 3.63) is 5.01 Å². The molecule has 1 aliphatic rings. The van der Waals surface area contributed by atoms with Crippen LogP contribution >= 0.6 is 11.3 Å². The molecule has 0 N–H and O–H groups in total. The van der Waals surface area contributed by atoms with Crippen molar-refractivity contribution >= 4 is 28.3 Å². The van der Waals surface area contributed by atoms with Gasteiger partial charge in [-0.15, -0.1) is 10.2 Å². The third-order valence-corrected chi connectivity index (χ3v) is 4.80. The highest BCUT2D eigenvalue weighted by atomic mass is 32.1. The lowest BCUT2D eigenvalue weighted by Gasteiger charge is -2.20. The van der Waals surface area contributed by atoms with Crippen LogP contribution in [-0.4, -0.2) is 34.7 Å². The molecule has 1 aromatic rings. The third kappa shape index (κ3) is 3.14. The van der Waals surface area contributed by atoms with E-state index in [0.717, 1.165) is 5.01 Å². The molecule has 0 saturated heterocycles. The van der Waals surface area contributed by atoms with E-state index in [-0.39, 0.29) is 17.8 Å². The average molecular weight is 325 g/mol. The Bertz CT molecular complexity index is 603. The fourth-order valence-corrected chi connectivity index (χ4v) is 3.28. The maximum absolute atomic E-state index is 12.7. The normalized spacial score (nSPS) is 23.0. The first-order chi connectivity index (χ1) is 9.95. The lowest BCUT2D eigenvalue weighted by Crippen LogP contribution is -2.30. The number of carbonyl (C=O) groups excluding carboxylic acids is 2. The molecular weight excluding hydrogens is 302 g/mol. The number of carbonyl (C=O) groups is 2. The Kier molecular flexibility index (Phi) is 4.06. The molecule has 2 rings (SSSR count). The van der Waals surface area contributed by atoms with Crippen LogP contribution in [0.2, 0.25) is 0 Å². The molecule has 122 valence electrons. The van der Waals surface area contributed by atoms with E-state index in [2.05, 4.69) is 10.2 Å². The molecule has 1 aliphatic carbocycles. The second-order valence-electron chi connectivity index (χ2n) is 7.31. The summed E-state index contributed by atoms with van der Waals surface area (Å²) in [5.74, 6) is -1.21. The maximum atomic E-state index is 12.7. The first kappa shape index (κ1) is 16.9. The van der Waals surface area contributed by atoms with Gasteiger partial charge in [0.2, 0.25) is 11.0 Å². The smallest absolute Gasteiger partial charge is 0.310 e. The van der Waals surface area contributed by atoms with Crippen LogP contribution in [0, 0.1) is 24.2 Å². The summed E-state index contributed by atoms with van der Waals surface area (Å²) in [5.41, 5.74) is -0.945. The molecule has 0 aromatic carbocycles. The quantitative estimate of drug-likeness (QED) is 0.798. The number of aromatic nitrogens is 2. The van der Waals surface area contributed by atoms with Crippen molar-refractivity contribution in [2.24, 2.45) is 17.3 Å². The highest BCUT2D eigenvalue weighted by molar-refractivity contribution is 7.15. The molecule has 0 unspecified atom stereocenters. The number of nitrogens with zero attached hydrogens (tertiary/aromatic N) is 3. The van der Waals surface area contributed by atoms with E-state index in [0.29, 0.717) is 5.13 Å². The predicted molar refractivity (Wildman–Crippen MR) is 84.7 cm³/mol. The predicted octanol–water partition coefficient (Wildman–Crippen LogP) is 2.42. The van der Waals surface area contributed by atoms with Crippen molar-refractivity contribution in [1.29, 1.82) is 0 Å². The Hall–Kier alpha value is -1.50. The molecule has 6 nitrogen and oxygen atoms in total. The largest absolute Gasteiger partial charge is 0.460 e. The summed E-state index contributed by atoms with van der Waals surface area (Å²) in [5, 5.41) is 9.25. The molecule has 1 amide bonds. The fourth-order valence-electron chi connectivity index (χ4n) is 2.63. The molecule has 1 fully saturated rings. The lowest BCUT2D eigenvalue weighted by atomic mass is 10.1. The summed E-state index contributed by atoms with van der Waals surface area (Å²) in [4.78, 5) is 26.5. The molecule has 0 aliphatic heterocycles. The van der Waals surface area contributed by atoms with Gasteiger partial charge in [-0.05, 0) is 33.1 Å². The number of hydrogen-bond acceptors (Lipinski definition) is 6. The third-order valence-electron chi connectivity index (χ3n) is 3.89. The highest BCUT2D eigenvalue weighted by Crippen LogP contribution is 2.59. The SMILES string of the molecule is Cc1nnc(N(C)C(=O)[C@@H]2[C@H](C(=O)OC(C)(C)C)C2(C)C)s1. The van der Waals surface area contributed by atoms with Gasteiger partial charge < -0.3 is 4.74 Å². The van der Waals surface area contributed by atoms with Crippen LogP contribution in [0.25, 0.3) is 0 Å². The number of amides is 1. The van der Waals surface area contributed by atoms with Crippen LogP contribution in [0.5, 0.6) is 0 Å². The van der Waals surface area contributed by atoms with Crippen LogP contribution in [0.15, 0.2) is 0 Å². The second-order valence-corrected chi connectivity index (χ2v) is 8.47. The van der Waals surface area contributed by atoms with Crippen LogP contribution < -0.4 is 4.90 Å². The van der Waals surface area contributed by atoms with Crippen molar-refractivity contribution in [2.45, 2.75) is 47.1 Å². The highest BCUT2D eigenvalue weighted by Gasteiger charge is 2.67. The fraction of sp³-hybridized carbons (Fsp3) is 0.733. The number of ether oxygens (including phenoxy) is 1. The van der Waals surface area contributed by atoms with Gasteiger partial charge in [0, 0.05) is 7.05 Å². The zero-order valence-electron chi connectivity index (χ0n) is 14.1. The Labute approximate surface area is 134 Å². The Morgan fingerprint density at radius 1 is 1.23 bits per heavy atom. The van der Waals surface area contributed by atoms with Gasteiger partial charge in [-0.25, -0.2) is 0 Å². The lowest BCUT2D eigenvalue weighted by molar-refractivity contribution is -0.158. The molecule has 0 bridgehead atoms. The minimum absolute atomic E-state index is 0.114. The Morgan fingerprint density at radius 3 is 2.27 bits per heavy atom. The van der Waals surface area contributed by atoms with Crippen molar-refractivity contribution in [1.82, 2.24) is 10.2 Å². The van der Waals surface area contributed by atoms with E-state index in [1.54, 1.807) is 7.05 Å². The molecule has 7 heteroatoms. The first-order valence-corrected chi connectivity index (χ1v) is 8.07. The summed E-state index contributed by atoms with van der Waals surface area (Å²) in [6, 6.07) is 0. The van der Waals surface area contributed by atoms with E-state index in [4.69, 9.17) is 4.74 Å². The second kappa shape index (κ2) is 5.30. The summed E-state index contributed by atoms with van der Waals surface area (Å²) in [6.07, 6.45) is 0. The van der Waals surface area contributed by atoms with Crippen LogP contribution in [-0.2, 0) is 14.3 Å². The van der Waals surface area contributed by atoms with E-state index < -0.39 is 16.9 Å². The summed E-state index contributed by atoms with van der Waals surface area (Å²) in [7, 11) is 1.67. The number of anilines is 1.